The molecule has 3 rings (SSSR count). The maximum absolute atomic E-state index is 5.60. The van der Waals surface area contributed by atoms with Crippen molar-refractivity contribution in [3.8, 4) is 10.6 Å². The Labute approximate surface area is 117 Å². The van der Waals surface area contributed by atoms with Gasteiger partial charge in [-0.25, -0.2) is 4.98 Å². The molecule has 0 aliphatic rings. The number of para-hydroxylation sites is 1. The van der Waals surface area contributed by atoms with E-state index in [0.29, 0.717) is 6.54 Å². The summed E-state index contributed by atoms with van der Waals surface area (Å²) >= 11 is 5.20. The summed E-state index contributed by atoms with van der Waals surface area (Å²) in [5.41, 5.74) is 7.89. The van der Waals surface area contributed by atoms with Crippen LogP contribution >= 0.6 is 27.3 Å². The predicted octanol–water partition coefficient (Wildman–Crippen LogP) is 3.56. The third kappa shape index (κ3) is 1.98. The molecule has 0 amide bonds. The zero-order chi connectivity index (χ0) is 12.5. The average Bonchev–Trinajstić information content (AvgIpc) is 2.94. The molecule has 0 unspecified atom stereocenters. The summed E-state index contributed by atoms with van der Waals surface area (Å²) in [5.74, 6) is 0. The first-order valence-electron chi connectivity index (χ1n) is 5.71. The molecule has 0 spiro atoms. The van der Waals surface area contributed by atoms with Gasteiger partial charge in [0.2, 0.25) is 0 Å². The van der Waals surface area contributed by atoms with E-state index in [0.717, 1.165) is 27.1 Å². The number of hydrogen-bond donors (Lipinski definition) is 2. The average molecular weight is 322 g/mol. The van der Waals surface area contributed by atoms with Crippen molar-refractivity contribution in [2.75, 3.05) is 6.54 Å². The summed E-state index contributed by atoms with van der Waals surface area (Å²) in [5, 5.41) is 2.24. The predicted molar refractivity (Wildman–Crippen MR) is 79.9 cm³/mol. The highest BCUT2D eigenvalue weighted by atomic mass is 79.9. The quantitative estimate of drug-likeness (QED) is 0.775. The third-order valence-corrected chi connectivity index (χ3v) is 4.91. The minimum atomic E-state index is 0.647. The van der Waals surface area contributed by atoms with Crippen LogP contribution in [0, 0.1) is 0 Å². The topological polar surface area (TPSA) is 54.7 Å². The molecule has 92 valence electrons. The largest absolute Gasteiger partial charge is 0.360 e. The molecule has 2 aromatic heterocycles. The van der Waals surface area contributed by atoms with Crippen LogP contribution in [0.15, 0.2) is 35.1 Å². The van der Waals surface area contributed by atoms with E-state index in [1.54, 1.807) is 11.3 Å². The molecule has 0 saturated carbocycles. The van der Waals surface area contributed by atoms with E-state index in [-0.39, 0.29) is 0 Å². The highest BCUT2D eigenvalue weighted by molar-refractivity contribution is 9.10. The van der Waals surface area contributed by atoms with Crippen LogP contribution in [0.4, 0.5) is 0 Å². The SMILES string of the molecule is NCCc1sc(-c2c[nH]c3ccccc23)nc1Br. The second-order valence-corrected chi connectivity index (χ2v) is 5.85. The standard InChI is InChI=1S/C13H12BrN3S/c14-12-11(5-6-15)18-13(17-12)9-7-16-10-4-2-1-3-8(9)10/h1-4,7,16H,5-6,15H2. The van der Waals surface area contributed by atoms with Crippen molar-refractivity contribution in [3.63, 3.8) is 0 Å². The van der Waals surface area contributed by atoms with Crippen molar-refractivity contribution in [2.45, 2.75) is 6.42 Å². The van der Waals surface area contributed by atoms with Gasteiger partial charge in [-0.1, -0.05) is 18.2 Å². The van der Waals surface area contributed by atoms with Gasteiger partial charge in [-0.05, 0) is 35.0 Å². The lowest BCUT2D eigenvalue weighted by Gasteiger charge is -1.93. The van der Waals surface area contributed by atoms with Crippen LogP contribution < -0.4 is 5.73 Å². The zero-order valence-electron chi connectivity index (χ0n) is 9.61. The molecule has 0 saturated heterocycles. The number of H-pyrrole nitrogens is 1. The number of halogens is 1. The summed E-state index contributed by atoms with van der Waals surface area (Å²) in [4.78, 5) is 9.06. The maximum atomic E-state index is 5.60. The third-order valence-electron chi connectivity index (χ3n) is 2.84. The molecular formula is C13H12BrN3S. The van der Waals surface area contributed by atoms with Gasteiger partial charge in [-0.15, -0.1) is 11.3 Å². The number of nitrogens with two attached hydrogens (primary N) is 1. The summed E-state index contributed by atoms with van der Waals surface area (Å²) in [7, 11) is 0. The van der Waals surface area contributed by atoms with Crippen molar-refractivity contribution < 1.29 is 0 Å². The van der Waals surface area contributed by atoms with E-state index in [1.165, 1.54) is 10.3 Å². The van der Waals surface area contributed by atoms with Crippen molar-refractivity contribution >= 4 is 38.2 Å². The van der Waals surface area contributed by atoms with E-state index >= 15 is 0 Å². The Hall–Kier alpha value is -1.17. The number of aromatic nitrogens is 2. The van der Waals surface area contributed by atoms with Gasteiger partial charge < -0.3 is 10.7 Å². The van der Waals surface area contributed by atoms with Crippen molar-refractivity contribution in [1.29, 1.82) is 0 Å². The molecule has 0 radical (unpaired) electrons. The monoisotopic (exact) mass is 321 g/mol. The Kier molecular flexibility index (Phi) is 3.20. The molecule has 3 N–H and O–H groups in total. The fourth-order valence-corrected chi connectivity index (χ4v) is 3.72. The molecule has 2 heterocycles. The first kappa shape index (κ1) is 11.9. The van der Waals surface area contributed by atoms with Crippen LogP contribution in [-0.4, -0.2) is 16.5 Å². The first-order valence-corrected chi connectivity index (χ1v) is 7.32. The van der Waals surface area contributed by atoms with Crippen molar-refractivity contribution in [3.05, 3.63) is 39.9 Å². The van der Waals surface area contributed by atoms with Crippen LogP contribution in [-0.2, 0) is 6.42 Å². The molecule has 0 aliphatic heterocycles. The number of aromatic amines is 1. The molecule has 1 aromatic carbocycles. The van der Waals surface area contributed by atoms with E-state index in [4.69, 9.17) is 5.73 Å². The molecule has 0 atom stereocenters. The number of benzene rings is 1. The summed E-state index contributed by atoms with van der Waals surface area (Å²) in [6.45, 7) is 0.647. The molecular weight excluding hydrogens is 310 g/mol. The van der Waals surface area contributed by atoms with Crippen LogP contribution in [0.1, 0.15) is 4.88 Å². The van der Waals surface area contributed by atoms with Gasteiger partial charge in [-0.2, -0.15) is 0 Å². The van der Waals surface area contributed by atoms with Gasteiger partial charge in [0.05, 0.1) is 0 Å². The van der Waals surface area contributed by atoms with Crippen LogP contribution in [0.3, 0.4) is 0 Å². The van der Waals surface area contributed by atoms with Crippen LogP contribution in [0.5, 0.6) is 0 Å². The van der Waals surface area contributed by atoms with E-state index in [2.05, 4.69) is 38.0 Å². The molecule has 5 heteroatoms. The van der Waals surface area contributed by atoms with Gasteiger partial charge >= 0.3 is 0 Å². The molecule has 3 aromatic rings. The number of fused-ring (bicyclic) bond motifs is 1. The normalized spacial score (nSPS) is 11.2. The van der Waals surface area contributed by atoms with Crippen LogP contribution in [0.2, 0.25) is 0 Å². The zero-order valence-corrected chi connectivity index (χ0v) is 12.0. The number of hydrogen-bond acceptors (Lipinski definition) is 3. The molecule has 0 aliphatic carbocycles. The highest BCUT2D eigenvalue weighted by Gasteiger charge is 2.13. The number of rotatable bonds is 3. The Morgan fingerprint density at radius 1 is 1.33 bits per heavy atom. The second-order valence-electron chi connectivity index (χ2n) is 4.02. The lowest BCUT2D eigenvalue weighted by molar-refractivity contribution is 0.977. The molecule has 0 bridgehead atoms. The minimum Gasteiger partial charge on any atom is -0.360 e. The molecule has 3 nitrogen and oxygen atoms in total. The summed E-state index contributed by atoms with van der Waals surface area (Å²) in [6.07, 6.45) is 2.88. The molecule has 0 fully saturated rings. The van der Waals surface area contributed by atoms with E-state index in [9.17, 15) is 0 Å². The lowest BCUT2D eigenvalue weighted by atomic mass is 10.2. The Bertz CT molecular complexity index is 686. The van der Waals surface area contributed by atoms with Crippen LogP contribution in [0.25, 0.3) is 21.5 Å². The summed E-state index contributed by atoms with van der Waals surface area (Å²) in [6, 6.07) is 8.25. The van der Waals surface area contributed by atoms with E-state index < -0.39 is 0 Å². The fraction of sp³-hybridized carbons (Fsp3) is 0.154. The van der Waals surface area contributed by atoms with Gasteiger partial charge in [0.15, 0.2) is 0 Å². The Balaban J connectivity index is 2.11. The number of nitrogens with zero attached hydrogens (tertiary/aromatic N) is 1. The minimum absolute atomic E-state index is 0.647. The van der Waals surface area contributed by atoms with Gasteiger partial charge in [0.1, 0.15) is 9.61 Å². The smallest absolute Gasteiger partial charge is 0.127 e. The Morgan fingerprint density at radius 3 is 3.00 bits per heavy atom. The van der Waals surface area contributed by atoms with Gasteiger partial charge in [0.25, 0.3) is 0 Å². The van der Waals surface area contributed by atoms with Crippen molar-refractivity contribution in [1.82, 2.24) is 9.97 Å². The van der Waals surface area contributed by atoms with Crippen molar-refractivity contribution in [2.24, 2.45) is 5.73 Å². The van der Waals surface area contributed by atoms with Gasteiger partial charge in [-0.3, -0.25) is 0 Å². The number of nitrogens with one attached hydrogen (secondary N) is 1. The lowest BCUT2D eigenvalue weighted by Crippen LogP contribution is -2.01. The van der Waals surface area contributed by atoms with E-state index in [1.807, 2.05) is 18.3 Å². The fourth-order valence-electron chi connectivity index (χ4n) is 1.98. The first-order chi connectivity index (χ1) is 8.79. The summed E-state index contributed by atoms with van der Waals surface area (Å²) < 4.78 is 0.915. The maximum Gasteiger partial charge on any atom is 0.127 e. The Morgan fingerprint density at radius 2 is 2.17 bits per heavy atom. The molecule has 18 heavy (non-hydrogen) atoms. The second kappa shape index (κ2) is 4.84. The number of thiazole rings is 1. The highest BCUT2D eigenvalue weighted by Crippen LogP contribution is 2.35. The van der Waals surface area contributed by atoms with Gasteiger partial charge in [0, 0.05) is 27.5 Å².